The lowest BCUT2D eigenvalue weighted by Gasteiger charge is -2.09. The molecule has 0 saturated carbocycles. The molecule has 0 aliphatic rings. The van der Waals surface area contributed by atoms with Gasteiger partial charge in [0.25, 0.3) is 0 Å². The van der Waals surface area contributed by atoms with Crippen molar-refractivity contribution in [3.63, 3.8) is 0 Å². The van der Waals surface area contributed by atoms with Crippen LogP contribution in [0.5, 0.6) is 0 Å². The number of hydrogen-bond acceptors (Lipinski definition) is 3. The Balaban J connectivity index is 2.41. The molecule has 0 bridgehead atoms. The van der Waals surface area contributed by atoms with Gasteiger partial charge in [-0.3, -0.25) is 0 Å². The second kappa shape index (κ2) is 3.82. The first-order valence-electron chi connectivity index (χ1n) is 4.52. The Morgan fingerprint density at radius 2 is 2.13 bits per heavy atom. The van der Waals surface area contributed by atoms with Crippen molar-refractivity contribution >= 4 is 0 Å². The topological polar surface area (TPSA) is 46.3 Å². The number of aliphatic hydroxyl groups excluding tert-OH is 1. The molecule has 15 heavy (non-hydrogen) atoms. The lowest BCUT2D eigenvalue weighted by molar-refractivity contribution is 0.183. The fourth-order valence-corrected chi connectivity index (χ4v) is 1.41. The van der Waals surface area contributed by atoms with Crippen molar-refractivity contribution in [2.75, 3.05) is 0 Å². The first-order valence-corrected chi connectivity index (χ1v) is 4.52. The molecule has 1 atom stereocenters. The molecule has 78 valence electrons. The van der Waals surface area contributed by atoms with Gasteiger partial charge in [0.1, 0.15) is 11.9 Å². The van der Waals surface area contributed by atoms with Gasteiger partial charge < -0.3 is 9.52 Å². The van der Waals surface area contributed by atoms with Gasteiger partial charge >= 0.3 is 0 Å². The van der Waals surface area contributed by atoms with E-state index in [9.17, 15) is 9.50 Å². The Hall–Kier alpha value is -1.68. The highest BCUT2D eigenvalue weighted by molar-refractivity contribution is 5.27. The molecule has 2 rings (SSSR count). The van der Waals surface area contributed by atoms with Gasteiger partial charge in [-0.2, -0.15) is 0 Å². The molecule has 2 aromatic rings. The molecule has 0 aliphatic heterocycles. The van der Waals surface area contributed by atoms with Crippen molar-refractivity contribution in [1.82, 2.24) is 4.98 Å². The van der Waals surface area contributed by atoms with E-state index in [1.54, 1.807) is 19.1 Å². The third-order valence-electron chi connectivity index (χ3n) is 2.23. The predicted octanol–water partition coefficient (Wildman–Crippen LogP) is 2.20. The summed E-state index contributed by atoms with van der Waals surface area (Å²) < 4.78 is 18.3. The summed E-state index contributed by atoms with van der Waals surface area (Å²) in [5.74, 6) is -0.180. The number of aliphatic hydroxyl groups is 1. The summed E-state index contributed by atoms with van der Waals surface area (Å²) in [4.78, 5) is 3.84. The van der Waals surface area contributed by atoms with Crippen molar-refractivity contribution in [1.29, 1.82) is 0 Å². The fourth-order valence-electron chi connectivity index (χ4n) is 1.41. The van der Waals surface area contributed by atoms with Crippen LogP contribution in [0, 0.1) is 12.7 Å². The van der Waals surface area contributed by atoms with Gasteiger partial charge in [0.2, 0.25) is 0 Å². The van der Waals surface area contributed by atoms with Crippen molar-refractivity contribution in [3.05, 3.63) is 53.5 Å². The highest BCUT2D eigenvalue weighted by atomic mass is 19.1. The van der Waals surface area contributed by atoms with E-state index in [-0.39, 0.29) is 11.3 Å². The number of halogens is 1. The molecule has 0 amide bonds. The molecule has 0 fully saturated rings. The Morgan fingerprint density at radius 3 is 2.73 bits per heavy atom. The molecule has 0 saturated heterocycles. The van der Waals surface area contributed by atoms with E-state index in [0.29, 0.717) is 5.69 Å². The minimum Gasteiger partial charge on any atom is -0.445 e. The molecule has 1 N–H and O–H groups in total. The van der Waals surface area contributed by atoms with Crippen molar-refractivity contribution in [2.45, 2.75) is 13.0 Å². The quantitative estimate of drug-likeness (QED) is 0.821. The number of benzene rings is 1. The molecule has 1 aromatic carbocycles. The third kappa shape index (κ3) is 1.76. The minimum absolute atomic E-state index is 0.192. The normalized spacial score (nSPS) is 12.7. The fraction of sp³-hybridized carbons (Fsp3) is 0.182. The molecule has 0 aliphatic carbocycles. The maximum absolute atomic E-state index is 13.3. The van der Waals surface area contributed by atoms with E-state index in [4.69, 9.17) is 4.42 Å². The second-order valence-corrected chi connectivity index (χ2v) is 3.23. The summed E-state index contributed by atoms with van der Waals surface area (Å²) in [5.41, 5.74) is 0.753. The Bertz CT molecular complexity index is 467. The van der Waals surface area contributed by atoms with Crippen LogP contribution in [0.4, 0.5) is 4.39 Å². The minimum atomic E-state index is -1.10. The maximum Gasteiger partial charge on any atom is 0.181 e. The highest BCUT2D eigenvalue weighted by Gasteiger charge is 2.19. The van der Waals surface area contributed by atoms with E-state index in [2.05, 4.69) is 4.98 Å². The van der Waals surface area contributed by atoms with Gasteiger partial charge in [-0.15, -0.1) is 0 Å². The van der Waals surface area contributed by atoms with Crippen molar-refractivity contribution in [2.24, 2.45) is 0 Å². The number of aryl methyl sites for hydroxylation is 1. The number of aromatic nitrogens is 1. The zero-order valence-corrected chi connectivity index (χ0v) is 8.14. The van der Waals surface area contributed by atoms with E-state index in [1.165, 1.54) is 18.5 Å². The molecule has 0 radical (unpaired) electrons. The molecule has 1 unspecified atom stereocenters. The van der Waals surface area contributed by atoms with Crippen molar-refractivity contribution < 1.29 is 13.9 Å². The van der Waals surface area contributed by atoms with Gasteiger partial charge in [-0.05, 0) is 13.0 Å². The second-order valence-electron chi connectivity index (χ2n) is 3.23. The van der Waals surface area contributed by atoms with Crippen LogP contribution < -0.4 is 0 Å². The van der Waals surface area contributed by atoms with Crippen LogP contribution in [-0.2, 0) is 0 Å². The van der Waals surface area contributed by atoms with Crippen LogP contribution in [0.15, 0.2) is 35.1 Å². The predicted molar refractivity (Wildman–Crippen MR) is 51.7 cm³/mol. The molecule has 1 heterocycles. The Labute approximate surface area is 86.2 Å². The smallest absolute Gasteiger partial charge is 0.181 e. The highest BCUT2D eigenvalue weighted by Crippen LogP contribution is 2.25. The first-order chi connectivity index (χ1) is 7.20. The van der Waals surface area contributed by atoms with Gasteiger partial charge in [0.05, 0.1) is 5.69 Å². The average Bonchev–Trinajstić information content (AvgIpc) is 2.64. The van der Waals surface area contributed by atoms with Crippen LogP contribution in [-0.4, -0.2) is 10.1 Å². The molecule has 3 nitrogen and oxygen atoms in total. The van der Waals surface area contributed by atoms with Gasteiger partial charge in [0.15, 0.2) is 12.2 Å². The first kappa shape index (κ1) is 9.86. The number of rotatable bonds is 2. The number of nitrogens with zero attached hydrogens (tertiary/aromatic N) is 1. The van der Waals surface area contributed by atoms with E-state index in [1.807, 2.05) is 0 Å². The summed E-state index contributed by atoms with van der Waals surface area (Å²) in [6.07, 6.45) is 0.128. The maximum atomic E-state index is 13.3. The van der Waals surface area contributed by atoms with Crippen LogP contribution in [0.1, 0.15) is 23.1 Å². The number of oxazole rings is 1. The SMILES string of the molecule is Cc1ncoc1C(O)c1ccccc1F. The van der Waals surface area contributed by atoms with Crippen molar-refractivity contribution in [3.8, 4) is 0 Å². The zero-order valence-electron chi connectivity index (χ0n) is 8.14. The third-order valence-corrected chi connectivity index (χ3v) is 2.23. The molecule has 1 aromatic heterocycles. The van der Waals surface area contributed by atoms with E-state index < -0.39 is 11.9 Å². The van der Waals surface area contributed by atoms with E-state index in [0.717, 1.165) is 0 Å². The molecular weight excluding hydrogens is 197 g/mol. The monoisotopic (exact) mass is 207 g/mol. The summed E-state index contributed by atoms with van der Waals surface area (Å²) in [6, 6.07) is 6.04. The van der Waals surface area contributed by atoms with E-state index >= 15 is 0 Å². The lowest BCUT2D eigenvalue weighted by atomic mass is 10.1. The molecule has 4 heteroatoms. The van der Waals surface area contributed by atoms with Gasteiger partial charge in [-0.1, -0.05) is 18.2 Å². The van der Waals surface area contributed by atoms with Crippen LogP contribution in [0.25, 0.3) is 0 Å². The lowest BCUT2D eigenvalue weighted by Crippen LogP contribution is -2.02. The Morgan fingerprint density at radius 1 is 1.40 bits per heavy atom. The molecule has 0 spiro atoms. The molecular formula is C11H10FNO2. The van der Waals surface area contributed by atoms with Crippen LogP contribution in [0.3, 0.4) is 0 Å². The Kier molecular flexibility index (Phi) is 2.51. The zero-order chi connectivity index (χ0) is 10.8. The van der Waals surface area contributed by atoms with Gasteiger partial charge in [0, 0.05) is 5.56 Å². The summed E-state index contributed by atoms with van der Waals surface area (Å²) in [6.45, 7) is 1.70. The summed E-state index contributed by atoms with van der Waals surface area (Å²) in [7, 11) is 0. The number of hydrogen-bond donors (Lipinski definition) is 1. The van der Waals surface area contributed by atoms with Gasteiger partial charge in [-0.25, -0.2) is 9.37 Å². The van der Waals surface area contributed by atoms with Crippen LogP contribution in [0.2, 0.25) is 0 Å². The summed E-state index contributed by atoms with van der Waals surface area (Å²) in [5, 5.41) is 9.87. The largest absolute Gasteiger partial charge is 0.445 e. The average molecular weight is 207 g/mol. The van der Waals surface area contributed by atoms with Crippen LogP contribution >= 0.6 is 0 Å². The summed E-state index contributed by atoms with van der Waals surface area (Å²) >= 11 is 0. The standard InChI is InChI=1S/C11H10FNO2/c1-7-11(15-6-13-7)10(14)8-4-2-3-5-9(8)12/h2-6,10,14H,1H3.